The highest BCUT2D eigenvalue weighted by Crippen LogP contribution is 2.26. The van der Waals surface area contributed by atoms with Crippen LogP contribution in [0.4, 0.5) is 0 Å². The Morgan fingerprint density at radius 3 is 2.88 bits per heavy atom. The van der Waals surface area contributed by atoms with Crippen LogP contribution in [0.3, 0.4) is 0 Å². The molecular formula is C10H6Cl2N2OS. The van der Waals surface area contributed by atoms with Crippen LogP contribution in [-0.4, -0.2) is 14.5 Å². The quantitative estimate of drug-likeness (QED) is 0.806. The van der Waals surface area contributed by atoms with Crippen LogP contribution in [0, 0.1) is 0 Å². The summed E-state index contributed by atoms with van der Waals surface area (Å²) in [4.78, 5) is 11.7. The standard InChI is InChI=1S/C10H6Cl2N2OS/c11-7-3-1-2-6(10(7)12)4-9(15)8-5-13-16-14-8/h1-3,5H,4H2. The lowest BCUT2D eigenvalue weighted by atomic mass is 10.1. The Kier molecular flexibility index (Phi) is 3.53. The highest BCUT2D eigenvalue weighted by Gasteiger charge is 2.13. The molecule has 82 valence electrons. The van der Waals surface area contributed by atoms with Crippen molar-refractivity contribution >= 4 is 40.7 Å². The van der Waals surface area contributed by atoms with Crippen LogP contribution in [0.1, 0.15) is 16.1 Å². The number of aromatic nitrogens is 2. The van der Waals surface area contributed by atoms with Gasteiger partial charge >= 0.3 is 0 Å². The number of carbonyl (C=O) groups is 1. The number of halogens is 2. The Morgan fingerprint density at radius 1 is 1.38 bits per heavy atom. The van der Waals surface area contributed by atoms with E-state index in [9.17, 15) is 4.79 Å². The van der Waals surface area contributed by atoms with Gasteiger partial charge in [-0.1, -0.05) is 35.3 Å². The van der Waals surface area contributed by atoms with E-state index in [1.165, 1.54) is 6.20 Å². The second-order valence-electron chi connectivity index (χ2n) is 3.11. The third-order valence-corrected chi connectivity index (χ3v) is 3.37. The Labute approximate surface area is 106 Å². The van der Waals surface area contributed by atoms with Crippen LogP contribution in [0.25, 0.3) is 0 Å². The zero-order valence-corrected chi connectivity index (χ0v) is 10.3. The second kappa shape index (κ2) is 4.91. The second-order valence-corrected chi connectivity index (χ2v) is 4.45. The highest BCUT2D eigenvalue weighted by atomic mass is 35.5. The van der Waals surface area contributed by atoms with E-state index >= 15 is 0 Å². The van der Waals surface area contributed by atoms with Crippen LogP contribution >= 0.6 is 34.9 Å². The van der Waals surface area contributed by atoms with Gasteiger partial charge in [0.15, 0.2) is 5.78 Å². The third kappa shape index (κ3) is 2.40. The van der Waals surface area contributed by atoms with E-state index in [1.54, 1.807) is 18.2 Å². The SMILES string of the molecule is O=C(Cc1cccc(Cl)c1Cl)c1cnsn1. The molecule has 0 saturated heterocycles. The summed E-state index contributed by atoms with van der Waals surface area (Å²) in [5.74, 6) is -0.113. The fourth-order valence-electron chi connectivity index (χ4n) is 1.24. The molecule has 0 aliphatic rings. The molecule has 1 aromatic carbocycles. The summed E-state index contributed by atoms with van der Waals surface area (Å²) in [6.07, 6.45) is 1.64. The molecule has 16 heavy (non-hydrogen) atoms. The van der Waals surface area contributed by atoms with Crippen molar-refractivity contribution in [3.63, 3.8) is 0 Å². The predicted molar refractivity (Wildman–Crippen MR) is 64.4 cm³/mol. The van der Waals surface area contributed by atoms with Crippen molar-refractivity contribution in [2.75, 3.05) is 0 Å². The van der Waals surface area contributed by atoms with Crippen molar-refractivity contribution in [3.05, 3.63) is 45.7 Å². The monoisotopic (exact) mass is 272 g/mol. The minimum Gasteiger partial charge on any atom is -0.292 e. The molecule has 0 aliphatic carbocycles. The first-order valence-corrected chi connectivity index (χ1v) is 5.91. The number of benzene rings is 1. The Hall–Kier alpha value is -0.970. The first-order chi connectivity index (χ1) is 7.68. The van der Waals surface area contributed by atoms with Gasteiger partial charge in [-0.25, -0.2) is 0 Å². The molecule has 0 aliphatic heterocycles. The van der Waals surface area contributed by atoms with Gasteiger partial charge in [0.1, 0.15) is 5.69 Å². The molecule has 6 heteroatoms. The van der Waals surface area contributed by atoms with Gasteiger partial charge in [-0.05, 0) is 11.6 Å². The Balaban J connectivity index is 2.22. The molecule has 1 aromatic heterocycles. The summed E-state index contributed by atoms with van der Waals surface area (Å²) in [5.41, 5.74) is 1.06. The van der Waals surface area contributed by atoms with Gasteiger partial charge < -0.3 is 0 Å². The summed E-state index contributed by atoms with van der Waals surface area (Å²) < 4.78 is 7.64. The van der Waals surface area contributed by atoms with Crippen molar-refractivity contribution < 1.29 is 4.79 Å². The maximum Gasteiger partial charge on any atom is 0.188 e. The van der Waals surface area contributed by atoms with Crippen molar-refractivity contribution in [2.45, 2.75) is 6.42 Å². The van der Waals surface area contributed by atoms with Gasteiger partial charge in [0.2, 0.25) is 0 Å². The third-order valence-electron chi connectivity index (χ3n) is 2.03. The number of carbonyl (C=O) groups excluding carboxylic acids is 1. The maximum atomic E-state index is 11.7. The topological polar surface area (TPSA) is 42.9 Å². The molecule has 0 bridgehead atoms. The molecule has 1 heterocycles. The van der Waals surface area contributed by atoms with Gasteiger partial charge in [-0.15, -0.1) is 0 Å². The van der Waals surface area contributed by atoms with Gasteiger partial charge in [-0.2, -0.15) is 8.75 Å². The molecule has 0 spiro atoms. The van der Waals surface area contributed by atoms with Crippen LogP contribution in [0.5, 0.6) is 0 Å². The molecule has 0 saturated carbocycles. The predicted octanol–water partition coefficient (Wildman–Crippen LogP) is 3.27. The highest BCUT2D eigenvalue weighted by molar-refractivity contribution is 6.99. The first kappa shape index (κ1) is 11.5. The average molecular weight is 273 g/mol. The molecule has 3 nitrogen and oxygen atoms in total. The zero-order chi connectivity index (χ0) is 11.5. The minimum atomic E-state index is -0.113. The first-order valence-electron chi connectivity index (χ1n) is 4.42. The fraction of sp³-hybridized carbons (Fsp3) is 0.100. The van der Waals surface area contributed by atoms with E-state index in [0.29, 0.717) is 21.3 Å². The molecule has 0 radical (unpaired) electrons. The normalized spacial score (nSPS) is 10.4. The summed E-state index contributed by atoms with van der Waals surface area (Å²) in [6, 6.07) is 5.21. The minimum absolute atomic E-state index is 0.113. The molecule has 0 amide bonds. The number of hydrogen-bond acceptors (Lipinski definition) is 4. The summed E-state index contributed by atoms with van der Waals surface area (Å²) in [5, 5.41) is 0.865. The van der Waals surface area contributed by atoms with E-state index in [2.05, 4.69) is 8.75 Å². The van der Waals surface area contributed by atoms with Crippen molar-refractivity contribution in [3.8, 4) is 0 Å². The largest absolute Gasteiger partial charge is 0.292 e. The molecule has 2 rings (SSSR count). The van der Waals surface area contributed by atoms with Crippen molar-refractivity contribution in [1.29, 1.82) is 0 Å². The van der Waals surface area contributed by atoms with Crippen LogP contribution < -0.4 is 0 Å². The zero-order valence-electron chi connectivity index (χ0n) is 7.98. The van der Waals surface area contributed by atoms with E-state index in [4.69, 9.17) is 23.2 Å². The van der Waals surface area contributed by atoms with E-state index in [0.717, 1.165) is 11.7 Å². The van der Waals surface area contributed by atoms with Gasteiger partial charge in [-0.3, -0.25) is 4.79 Å². The smallest absolute Gasteiger partial charge is 0.188 e. The Bertz CT molecular complexity index is 514. The summed E-state index contributed by atoms with van der Waals surface area (Å²) >= 11 is 12.8. The molecule has 2 aromatic rings. The molecule has 0 atom stereocenters. The number of rotatable bonds is 3. The average Bonchev–Trinajstić information content (AvgIpc) is 2.78. The molecule has 0 unspecified atom stereocenters. The van der Waals surface area contributed by atoms with Crippen LogP contribution in [0.2, 0.25) is 10.0 Å². The lowest BCUT2D eigenvalue weighted by molar-refractivity contribution is 0.0989. The lowest BCUT2D eigenvalue weighted by Gasteiger charge is -2.03. The van der Waals surface area contributed by atoms with E-state index in [-0.39, 0.29) is 12.2 Å². The summed E-state index contributed by atoms with van der Waals surface area (Å²) in [6.45, 7) is 0. The van der Waals surface area contributed by atoms with E-state index in [1.807, 2.05) is 0 Å². The van der Waals surface area contributed by atoms with Crippen molar-refractivity contribution in [2.24, 2.45) is 0 Å². The summed E-state index contributed by atoms with van der Waals surface area (Å²) in [7, 11) is 0. The van der Waals surface area contributed by atoms with Gasteiger partial charge in [0.05, 0.1) is 28.0 Å². The number of nitrogens with zero attached hydrogens (tertiary/aromatic N) is 2. The lowest BCUT2D eigenvalue weighted by Crippen LogP contribution is -2.04. The van der Waals surface area contributed by atoms with Crippen LogP contribution in [0.15, 0.2) is 24.4 Å². The van der Waals surface area contributed by atoms with Gasteiger partial charge in [0, 0.05) is 6.42 Å². The number of ketones is 1. The Morgan fingerprint density at radius 2 is 2.19 bits per heavy atom. The van der Waals surface area contributed by atoms with Crippen molar-refractivity contribution in [1.82, 2.24) is 8.75 Å². The van der Waals surface area contributed by atoms with Gasteiger partial charge in [0.25, 0.3) is 0 Å². The number of hydrogen-bond donors (Lipinski definition) is 0. The maximum absolute atomic E-state index is 11.7. The molecule has 0 fully saturated rings. The fourth-order valence-corrected chi connectivity index (χ4v) is 2.05. The molecular weight excluding hydrogens is 267 g/mol. The molecule has 0 N–H and O–H groups in total. The van der Waals surface area contributed by atoms with E-state index < -0.39 is 0 Å². The van der Waals surface area contributed by atoms with Crippen LogP contribution in [-0.2, 0) is 6.42 Å². The number of Topliss-reactive ketones (excluding diaryl/α,β-unsaturated/α-hetero) is 1.